The third kappa shape index (κ3) is 6.09. The molecule has 0 aromatic heterocycles. The average molecular weight is 433 g/mol. The molecule has 0 saturated carbocycles. The highest BCUT2D eigenvalue weighted by molar-refractivity contribution is 6.39. The molecule has 8 heteroatoms. The van der Waals surface area contributed by atoms with Crippen LogP contribution in [0.15, 0.2) is 77.9 Å². The third-order valence-electron chi connectivity index (χ3n) is 4.40. The predicted molar refractivity (Wildman–Crippen MR) is 118 cm³/mol. The first-order valence-electron chi connectivity index (χ1n) is 9.62. The van der Waals surface area contributed by atoms with Crippen molar-refractivity contribution in [3.05, 3.63) is 95.3 Å². The van der Waals surface area contributed by atoms with Gasteiger partial charge in [0.25, 0.3) is 0 Å². The number of hydrazone groups is 1. The van der Waals surface area contributed by atoms with E-state index in [0.29, 0.717) is 22.6 Å². The first-order chi connectivity index (χ1) is 15.3. The highest BCUT2D eigenvalue weighted by atomic mass is 19.1. The highest BCUT2D eigenvalue weighted by Crippen LogP contribution is 2.15. The zero-order chi connectivity index (χ0) is 23.1. The molecule has 0 heterocycles. The number of aryl methyl sites for hydroxylation is 1. The number of hydrogen-bond donors (Lipinski definition) is 2. The molecular weight excluding hydrogens is 413 g/mol. The molecule has 3 aromatic rings. The topological polar surface area (TPSA) is 96.9 Å². The van der Waals surface area contributed by atoms with E-state index in [9.17, 15) is 18.8 Å². The van der Waals surface area contributed by atoms with Crippen LogP contribution in [0.4, 0.5) is 10.1 Å². The Hall–Kier alpha value is -4.33. The van der Waals surface area contributed by atoms with Gasteiger partial charge in [-0.3, -0.25) is 9.59 Å². The van der Waals surface area contributed by atoms with Gasteiger partial charge < -0.3 is 10.1 Å². The monoisotopic (exact) mass is 433 g/mol. The smallest absolute Gasteiger partial charge is 0.343 e. The molecule has 0 radical (unpaired) electrons. The molecule has 0 fully saturated rings. The Labute approximate surface area is 183 Å². The van der Waals surface area contributed by atoms with E-state index in [-0.39, 0.29) is 5.69 Å². The van der Waals surface area contributed by atoms with Crippen molar-refractivity contribution in [2.75, 3.05) is 5.32 Å². The van der Waals surface area contributed by atoms with Crippen LogP contribution in [0.5, 0.6) is 5.75 Å². The number of rotatable bonds is 5. The molecule has 0 spiro atoms. The number of benzene rings is 3. The van der Waals surface area contributed by atoms with Crippen LogP contribution in [0, 0.1) is 12.7 Å². The van der Waals surface area contributed by atoms with E-state index in [0.717, 1.165) is 17.7 Å². The second kappa shape index (κ2) is 10.1. The summed E-state index contributed by atoms with van der Waals surface area (Å²) in [4.78, 5) is 36.0. The maximum Gasteiger partial charge on any atom is 0.343 e. The van der Waals surface area contributed by atoms with Crippen LogP contribution in [-0.2, 0) is 9.59 Å². The van der Waals surface area contributed by atoms with E-state index < -0.39 is 23.6 Å². The molecule has 0 aliphatic rings. The number of esters is 1. The summed E-state index contributed by atoms with van der Waals surface area (Å²) in [5, 5.41) is 6.25. The number of ether oxygens (including phenoxy) is 1. The fourth-order valence-corrected chi connectivity index (χ4v) is 2.59. The lowest BCUT2D eigenvalue weighted by Crippen LogP contribution is -2.32. The molecule has 7 nitrogen and oxygen atoms in total. The zero-order valence-corrected chi connectivity index (χ0v) is 17.4. The molecule has 162 valence electrons. The molecule has 3 aromatic carbocycles. The standard InChI is InChI=1S/C24H20FN3O4/c1-15-3-5-18(6-4-15)24(31)32-21-13-7-17(8-14-21)16(2)27-28-23(30)22(29)26-20-11-9-19(25)10-12-20/h3-14H,1-2H3,(H,26,29)(H,28,30). The molecule has 2 N–H and O–H groups in total. The Kier molecular flexibility index (Phi) is 7.07. The van der Waals surface area contributed by atoms with Crippen LogP contribution in [0.25, 0.3) is 0 Å². The number of nitrogens with zero attached hydrogens (tertiary/aromatic N) is 1. The van der Waals surface area contributed by atoms with Crippen LogP contribution in [-0.4, -0.2) is 23.5 Å². The van der Waals surface area contributed by atoms with E-state index in [1.807, 2.05) is 19.1 Å². The van der Waals surface area contributed by atoms with Crippen molar-refractivity contribution in [3.63, 3.8) is 0 Å². The van der Waals surface area contributed by atoms with Gasteiger partial charge in [-0.2, -0.15) is 5.10 Å². The molecule has 0 aliphatic carbocycles. The van der Waals surface area contributed by atoms with Gasteiger partial charge >= 0.3 is 17.8 Å². The zero-order valence-electron chi connectivity index (χ0n) is 17.4. The Morgan fingerprint density at radius 1 is 0.812 bits per heavy atom. The molecule has 2 amide bonds. The van der Waals surface area contributed by atoms with Crippen molar-refractivity contribution in [1.29, 1.82) is 0 Å². The highest BCUT2D eigenvalue weighted by Gasteiger charge is 2.13. The molecular formula is C24H20FN3O4. The minimum atomic E-state index is -0.975. The minimum Gasteiger partial charge on any atom is -0.423 e. The fourth-order valence-electron chi connectivity index (χ4n) is 2.59. The van der Waals surface area contributed by atoms with E-state index in [4.69, 9.17) is 4.74 Å². The van der Waals surface area contributed by atoms with Gasteiger partial charge in [0.05, 0.1) is 11.3 Å². The lowest BCUT2D eigenvalue weighted by molar-refractivity contribution is -0.136. The summed E-state index contributed by atoms with van der Waals surface area (Å²) in [5.74, 6) is -2.48. The Bertz CT molecular complexity index is 1160. The van der Waals surface area contributed by atoms with Crippen LogP contribution in [0.3, 0.4) is 0 Å². The Morgan fingerprint density at radius 3 is 2.03 bits per heavy atom. The van der Waals surface area contributed by atoms with E-state index in [2.05, 4.69) is 15.8 Å². The second-order valence-electron chi connectivity index (χ2n) is 6.88. The quantitative estimate of drug-likeness (QED) is 0.210. The van der Waals surface area contributed by atoms with Crippen molar-refractivity contribution >= 4 is 29.2 Å². The predicted octanol–water partition coefficient (Wildman–Crippen LogP) is 3.83. The molecule has 0 saturated heterocycles. The van der Waals surface area contributed by atoms with Gasteiger partial charge in [0, 0.05) is 5.69 Å². The van der Waals surface area contributed by atoms with Crippen molar-refractivity contribution in [2.24, 2.45) is 5.10 Å². The van der Waals surface area contributed by atoms with Crippen LogP contribution in [0.2, 0.25) is 0 Å². The summed E-state index contributed by atoms with van der Waals surface area (Å²) in [6, 6.07) is 18.6. The maximum atomic E-state index is 12.9. The Balaban J connectivity index is 1.56. The van der Waals surface area contributed by atoms with Gasteiger partial charge in [-0.05, 0) is 80.1 Å². The minimum absolute atomic E-state index is 0.281. The first-order valence-corrected chi connectivity index (χ1v) is 9.62. The summed E-state index contributed by atoms with van der Waals surface area (Å²) >= 11 is 0. The normalized spacial score (nSPS) is 10.9. The second-order valence-corrected chi connectivity index (χ2v) is 6.88. The average Bonchev–Trinajstić information content (AvgIpc) is 2.79. The lowest BCUT2D eigenvalue weighted by Gasteiger charge is -2.07. The summed E-state index contributed by atoms with van der Waals surface area (Å²) in [5.41, 5.74) is 5.02. The number of halogens is 1. The fraction of sp³-hybridized carbons (Fsp3) is 0.0833. The number of anilines is 1. The largest absolute Gasteiger partial charge is 0.423 e. The number of hydrogen-bond acceptors (Lipinski definition) is 5. The van der Waals surface area contributed by atoms with Gasteiger partial charge in [-0.1, -0.05) is 17.7 Å². The van der Waals surface area contributed by atoms with Gasteiger partial charge in [-0.15, -0.1) is 0 Å². The Morgan fingerprint density at radius 2 is 1.41 bits per heavy atom. The summed E-state index contributed by atoms with van der Waals surface area (Å²) in [6.07, 6.45) is 0. The van der Waals surface area contributed by atoms with Gasteiger partial charge in [0.2, 0.25) is 0 Å². The number of amides is 2. The molecule has 0 unspecified atom stereocenters. The van der Waals surface area contributed by atoms with Gasteiger partial charge in [0.15, 0.2) is 0 Å². The summed E-state index contributed by atoms with van der Waals surface area (Å²) < 4.78 is 18.2. The number of nitrogens with one attached hydrogen (secondary N) is 2. The molecule has 0 bridgehead atoms. The number of carbonyl (C=O) groups is 3. The molecule has 0 atom stereocenters. The molecule has 32 heavy (non-hydrogen) atoms. The summed E-state index contributed by atoms with van der Waals surface area (Å²) in [6.45, 7) is 3.57. The van der Waals surface area contributed by atoms with Crippen LogP contribution < -0.4 is 15.5 Å². The molecule has 3 rings (SSSR count). The van der Waals surface area contributed by atoms with E-state index >= 15 is 0 Å². The van der Waals surface area contributed by atoms with Crippen molar-refractivity contribution < 1.29 is 23.5 Å². The van der Waals surface area contributed by atoms with Gasteiger partial charge in [0.1, 0.15) is 11.6 Å². The van der Waals surface area contributed by atoms with Crippen molar-refractivity contribution in [2.45, 2.75) is 13.8 Å². The van der Waals surface area contributed by atoms with E-state index in [1.165, 1.54) is 12.1 Å². The first kappa shape index (κ1) is 22.4. The van der Waals surface area contributed by atoms with E-state index in [1.54, 1.807) is 43.3 Å². The molecule has 0 aliphatic heterocycles. The number of carbonyl (C=O) groups excluding carboxylic acids is 3. The SMILES string of the molecule is CC(=NNC(=O)C(=O)Nc1ccc(F)cc1)c1ccc(OC(=O)c2ccc(C)cc2)cc1. The van der Waals surface area contributed by atoms with Crippen LogP contribution in [0.1, 0.15) is 28.4 Å². The van der Waals surface area contributed by atoms with Crippen LogP contribution >= 0.6 is 0 Å². The third-order valence-corrected chi connectivity index (χ3v) is 4.40. The maximum absolute atomic E-state index is 12.9. The lowest BCUT2D eigenvalue weighted by atomic mass is 10.1. The van der Waals surface area contributed by atoms with Crippen molar-refractivity contribution in [1.82, 2.24) is 5.43 Å². The van der Waals surface area contributed by atoms with Gasteiger partial charge in [-0.25, -0.2) is 14.6 Å². The summed E-state index contributed by atoms with van der Waals surface area (Å²) in [7, 11) is 0. The van der Waals surface area contributed by atoms with Crippen molar-refractivity contribution in [3.8, 4) is 5.75 Å².